The summed E-state index contributed by atoms with van der Waals surface area (Å²) >= 11 is 5.84. The van der Waals surface area contributed by atoms with Crippen LogP contribution in [0.1, 0.15) is 13.8 Å². The largest absolute Gasteiger partial charge is 0.396 e. The summed E-state index contributed by atoms with van der Waals surface area (Å²) in [6.45, 7) is 6.40. The van der Waals surface area contributed by atoms with Crippen LogP contribution in [-0.2, 0) is 4.74 Å². The molecule has 88 valence electrons. The predicted molar refractivity (Wildman–Crippen MR) is 65.9 cm³/mol. The van der Waals surface area contributed by atoms with Gasteiger partial charge in [0.05, 0.1) is 29.5 Å². The third-order valence-electron chi connectivity index (χ3n) is 2.76. The van der Waals surface area contributed by atoms with Crippen LogP contribution in [-0.4, -0.2) is 30.3 Å². The topological polar surface area (TPSA) is 51.4 Å². The van der Waals surface area contributed by atoms with Gasteiger partial charge in [-0.2, -0.15) is 0 Å². The van der Waals surface area contributed by atoms with Gasteiger partial charge in [-0.15, -0.1) is 0 Å². The minimum absolute atomic E-state index is 0.0901. The fourth-order valence-corrected chi connectivity index (χ4v) is 2.09. The first-order chi connectivity index (χ1) is 7.50. The summed E-state index contributed by atoms with van der Waals surface area (Å²) in [5.74, 6) is 0.790. The Bertz CT molecular complexity index is 395. The van der Waals surface area contributed by atoms with Crippen molar-refractivity contribution in [3.8, 4) is 0 Å². The van der Waals surface area contributed by atoms with Crippen LogP contribution in [0.3, 0.4) is 0 Å². The zero-order valence-corrected chi connectivity index (χ0v) is 10.3. The zero-order chi connectivity index (χ0) is 11.8. The Morgan fingerprint density at radius 2 is 2.31 bits per heavy atom. The second-order valence-electron chi connectivity index (χ2n) is 4.58. The predicted octanol–water partition coefficient (Wildman–Crippen LogP) is 1.93. The van der Waals surface area contributed by atoms with Gasteiger partial charge >= 0.3 is 0 Å². The van der Waals surface area contributed by atoms with Gasteiger partial charge in [-0.3, -0.25) is 0 Å². The first-order valence-corrected chi connectivity index (χ1v) is 5.65. The van der Waals surface area contributed by atoms with Gasteiger partial charge in [0.2, 0.25) is 0 Å². The summed E-state index contributed by atoms with van der Waals surface area (Å²) in [4.78, 5) is 6.48. The van der Waals surface area contributed by atoms with Crippen LogP contribution in [0.4, 0.5) is 11.5 Å². The van der Waals surface area contributed by atoms with Crippen molar-refractivity contribution in [2.24, 2.45) is 0 Å². The van der Waals surface area contributed by atoms with E-state index in [1.165, 1.54) is 0 Å². The Morgan fingerprint density at radius 3 is 2.94 bits per heavy atom. The maximum absolute atomic E-state index is 5.94. The van der Waals surface area contributed by atoms with E-state index in [0.29, 0.717) is 23.9 Å². The Kier molecular flexibility index (Phi) is 2.95. The third-order valence-corrected chi connectivity index (χ3v) is 2.97. The number of nitrogens with two attached hydrogens (primary N) is 1. The lowest BCUT2D eigenvalue weighted by Gasteiger charge is -2.43. The molecular formula is C11H16ClN3O. The fraction of sp³-hybridized carbons (Fsp3) is 0.545. The maximum Gasteiger partial charge on any atom is 0.152 e. The lowest BCUT2D eigenvalue weighted by molar-refractivity contribution is 0.0640. The number of halogens is 1. The molecule has 1 aliphatic heterocycles. The molecule has 2 rings (SSSR count). The second kappa shape index (κ2) is 4.11. The van der Waals surface area contributed by atoms with Crippen LogP contribution in [0.5, 0.6) is 0 Å². The van der Waals surface area contributed by atoms with E-state index in [0.717, 1.165) is 12.4 Å². The van der Waals surface area contributed by atoms with Crippen molar-refractivity contribution in [2.75, 3.05) is 30.4 Å². The van der Waals surface area contributed by atoms with Crippen LogP contribution in [0, 0.1) is 0 Å². The summed E-state index contributed by atoms with van der Waals surface area (Å²) in [6, 6.07) is 1.73. The molecule has 0 spiro atoms. The van der Waals surface area contributed by atoms with Crippen LogP contribution >= 0.6 is 11.6 Å². The van der Waals surface area contributed by atoms with Gasteiger partial charge in [0, 0.05) is 12.7 Å². The summed E-state index contributed by atoms with van der Waals surface area (Å²) in [7, 11) is 0. The SMILES string of the molecule is CC1(C)COCCN1c1ncc(Cl)cc1N. The number of nitrogens with zero attached hydrogens (tertiary/aromatic N) is 2. The first kappa shape index (κ1) is 11.5. The third kappa shape index (κ3) is 2.08. The van der Waals surface area contributed by atoms with Crippen LogP contribution in [0.2, 0.25) is 5.02 Å². The molecule has 1 aromatic heterocycles. The molecule has 0 atom stereocenters. The van der Waals surface area contributed by atoms with E-state index in [1.54, 1.807) is 12.3 Å². The molecule has 2 N–H and O–H groups in total. The molecule has 0 amide bonds. The van der Waals surface area contributed by atoms with E-state index in [-0.39, 0.29) is 5.54 Å². The number of hydrogen-bond acceptors (Lipinski definition) is 4. The molecule has 4 nitrogen and oxygen atoms in total. The average Bonchev–Trinajstić information content (AvgIpc) is 2.19. The van der Waals surface area contributed by atoms with Crippen LogP contribution < -0.4 is 10.6 Å². The number of ether oxygens (including phenoxy) is 1. The summed E-state index contributed by atoms with van der Waals surface area (Å²) in [6.07, 6.45) is 1.62. The van der Waals surface area contributed by atoms with Gasteiger partial charge in [0.25, 0.3) is 0 Å². The van der Waals surface area contributed by atoms with Crippen LogP contribution in [0.15, 0.2) is 12.3 Å². The Balaban J connectivity index is 2.35. The van der Waals surface area contributed by atoms with Crippen molar-refractivity contribution < 1.29 is 4.74 Å². The minimum Gasteiger partial charge on any atom is -0.396 e. The van der Waals surface area contributed by atoms with Crippen molar-refractivity contribution in [1.29, 1.82) is 0 Å². The molecule has 1 aromatic rings. The summed E-state index contributed by atoms with van der Waals surface area (Å²) < 4.78 is 5.46. The monoisotopic (exact) mass is 241 g/mol. The highest BCUT2D eigenvalue weighted by Gasteiger charge is 2.32. The molecule has 1 saturated heterocycles. The van der Waals surface area contributed by atoms with Crippen molar-refractivity contribution in [1.82, 2.24) is 4.98 Å². The van der Waals surface area contributed by atoms with E-state index in [2.05, 4.69) is 23.7 Å². The van der Waals surface area contributed by atoms with Gasteiger partial charge in [0.15, 0.2) is 5.82 Å². The van der Waals surface area contributed by atoms with E-state index in [1.807, 2.05) is 0 Å². The smallest absolute Gasteiger partial charge is 0.152 e. The van der Waals surface area contributed by atoms with Crippen molar-refractivity contribution >= 4 is 23.1 Å². The van der Waals surface area contributed by atoms with Crippen molar-refractivity contribution in [3.63, 3.8) is 0 Å². The van der Waals surface area contributed by atoms with Gasteiger partial charge in [-0.25, -0.2) is 4.98 Å². The summed E-state index contributed by atoms with van der Waals surface area (Å²) in [5.41, 5.74) is 6.47. The number of anilines is 2. The lowest BCUT2D eigenvalue weighted by Crippen LogP contribution is -2.53. The summed E-state index contributed by atoms with van der Waals surface area (Å²) in [5, 5.41) is 0.562. The first-order valence-electron chi connectivity index (χ1n) is 5.27. The number of aromatic nitrogens is 1. The molecule has 1 aliphatic rings. The number of morpholine rings is 1. The highest BCUT2D eigenvalue weighted by atomic mass is 35.5. The normalized spacial score (nSPS) is 19.8. The average molecular weight is 242 g/mol. The molecule has 0 saturated carbocycles. The van der Waals surface area contributed by atoms with Gasteiger partial charge in [0.1, 0.15) is 0 Å². The van der Waals surface area contributed by atoms with Gasteiger partial charge in [-0.05, 0) is 19.9 Å². The standard InChI is InChI=1S/C11H16ClN3O/c1-11(2)7-16-4-3-15(11)10-9(13)5-8(12)6-14-10/h5-6H,3-4,7,13H2,1-2H3. The van der Waals surface area contributed by atoms with Gasteiger partial charge < -0.3 is 15.4 Å². The molecule has 5 heteroatoms. The van der Waals surface area contributed by atoms with E-state index < -0.39 is 0 Å². The number of pyridine rings is 1. The maximum atomic E-state index is 5.94. The Labute approximate surface area is 100 Å². The Morgan fingerprint density at radius 1 is 1.56 bits per heavy atom. The number of rotatable bonds is 1. The molecule has 0 bridgehead atoms. The minimum atomic E-state index is -0.0901. The molecule has 16 heavy (non-hydrogen) atoms. The molecule has 0 aliphatic carbocycles. The zero-order valence-electron chi connectivity index (χ0n) is 9.53. The molecule has 2 heterocycles. The number of hydrogen-bond donors (Lipinski definition) is 1. The highest BCUT2D eigenvalue weighted by molar-refractivity contribution is 6.30. The van der Waals surface area contributed by atoms with E-state index >= 15 is 0 Å². The Hall–Kier alpha value is -1.00. The molecule has 0 aromatic carbocycles. The second-order valence-corrected chi connectivity index (χ2v) is 5.02. The lowest BCUT2D eigenvalue weighted by atomic mass is 10.0. The van der Waals surface area contributed by atoms with Crippen molar-refractivity contribution in [3.05, 3.63) is 17.3 Å². The number of nitrogen functional groups attached to an aromatic ring is 1. The van der Waals surface area contributed by atoms with Crippen molar-refractivity contribution in [2.45, 2.75) is 19.4 Å². The van der Waals surface area contributed by atoms with E-state index in [9.17, 15) is 0 Å². The highest BCUT2D eigenvalue weighted by Crippen LogP contribution is 2.30. The molecular weight excluding hydrogens is 226 g/mol. The van der Waals surface area contributed by atoms with Crippen LogP contribution in [0.25, 0.3) is 0 Å². The fourth-order valence-electron chi connectivity index (χ4n) is 1.92. The molecule has 0 radical (unpaired) electrons. The van der Waals surface area contributed by atoms with Gasteiger partial charge in [-0.1, -0.05) is 11.6 Å². The molecule has 0 unspecified atom stereocenters. The van der Waals surface area contributed by atoms with E-state index in [4.69, 9.17) is 22.1 Å². The quantitative estimate of drug-likeness (QED) is 0.816. The molecule has 1 fully saturated rings.